The van der Waals surface area contributed by atoms with E-state index in [9.17, 15) is 4.79 Å². The maximum atomic E-state index is 10.0. The van der Waals surface area contributed by atoms with E-state index in [0.29, 0.717) is 6.61 Å². The SMILES string of the molecule is CNCCOCC(N)=O.Cl.Cl. The number of hydrogen-bond donors (Lipinski definition) is 2. The summed E-state index contributed by atoms with van der Waals surface area (Å²) in [6, 6.07) is 0. The summed E-state index contributed by atoms with van der Waals surface area (Å²) < 4.78 is 4.80. The molecule has 0 unspecified atom stereocenters. The Bertz CT molecular complexity index is 92.6. The van der Waals surface area contributed by atoms with Gasteiger partial charge in [0, 0.05) is 6.54 Å². The van der Waals surface area contributed by atoms with Crippen molar-refractivity contribution in [2.45, 2.75) is 0 Å². The molecule has 4 nitrogen and oxygen atoms in total. The van der Waals surface area contributed by atoms with Crippen LogP contribution in [0.3, 0.4) is 0 Å². The molecule has 0 rings (SSSR count). The van der Waals surface area contributed by atoms with Crippen LogP contribution in [0.2, 0.25) is 0 Å². The molecule has 0 radical (unpaired) electrons. The van der Waals surface area contributed by atoms with Crippen LogP contribution in [-0.4, -0.2) is 32.7 Å². The number of nitrogens with two attached hydrogens (primary N) is 1. The van der Waals surface area contributed by atoms with Crippen molar-refractivity contribution < 1.29 is 9.53 Å². The van der Waals surface area contributed by atoms with E-state index in [4.69, 9.17) is 10.5 Å². The number of carbonyl (C=O) groups excluding carboxylic acids is 1. The third-order valence-corrected chi connectivity index (χ3v) is 0.741. The van der Waals surface area contributed by atoms with Gasteiger partial charge in [-0.1, -0.05) is 0 Å². The van der Waals surface area contributed by atoms with Crippen LogP contribution in [0.5, 0.6) is 0 Å². The van der Waals surface area contributed by atoms with Crippen molar-refractivity contribution in [2.24, 2.45) is 5.73 Å². The van der Waals surface area contributed by atoms with Crippen LogP contribution < -0.4 is 11.1 Å². The van der Waals surface area contributed by atoms with Crippen molar-refractivity contribution in [3.63, 3.8) is 0 Å². The molecule has 0 aliphatic carbocycles. The van der Waals surface area contributed by atoms with E-state index >= 15 is 0 Å². The first-order valence-electron chi connectivity index (χ1n) is 2.78. The lowest BCUT2D eigenvalue weighted by molar-refractivity contribution is -0.122. The van der Waals surface area contributed by atoms with Gasteiger partial charge in [0.1, 0.15) is 6.61 Å². The summed E-state index contributed by atoms with van der Waals surface area (Å²) in [5, 5.41) is 2.86. The van der Waals surface area contributed by atoms with Gasteiger partial charge >= 0.3 is 0 Å². The number of rotatable bonds is 5. The zero-order valence-electron chi connectivity index (χ0n) is 6.33. The van der Waals surface area contributed by atoms with Crippen LogP contribution in [-0.2, 0) is 9.53 Å². The molecule has 0 spiro atoms. The Kier molecular flexibility index (Phi) is 19.7. The molecule has 1 amide bonds. The zero-order chi connectivity index (χ0) is 7.11. The van der Waals surface area contributed by atoms with Gasteiger partial charge in [0.15, 0.2) is 0 Å². The van der Waals surface area contributed by atoms with E-state index in [0.717, 1.165) is 6.54 Å². The average molecular weight is 205 g/mol. The fraction of sp³-hybridized carbons (Fsp3) is 0.800. The molecule has 0 aliphatic rings. The second kappa shape index (κ2) is 12.6. The van der Waals surface area contributed by atoms with Crippen LogP contribution in [0, 0.1) is 0 Å². The van der Waals surface area contributed by atoms with Crippen LogP contribution in [0.25, 0.3) is 0 Å². The van der Waals surface area contributed by atoms with Crippen molar-refractivity contribution in [3.05, 3.63) is 0 Å². The summed E-state index contributed by atoms with van der Waals surface area (Å²) in [6.45, 7) is 1.29. The molecule has 11 heavy (non-hydrogen) atoms. The van der Waals surface area contributed by atoms with Gasteiger partial charge < -0.3 is 15.8 Å². The second-order valence-corrected chi connectivity index (χ2v) is 1.62. The van der Waals surface area contributed by atoms with E-state index in [-0.39, 0.29) is 31.4 Å². The maximum Gasteiger partial charge on any atom is 0.243 e. The summed E-state index contributed by atoms with van der Waals surface area (Å²) in [5.74, 6) is -0.425. The van der Waals surface area contributed by atoms with Gasteiger partial charge in [0.25, 0.3) is 0 Å². The number of primary amides is 1. The first kappa shape index (κ1) is 17.2. The summed E-state index contributed by atoms with van der Waals surface area (Å²) in [7, 11) is 1.81. The van der Waals surface area contributed by atoms with Gasteiger partial charge in [0.05, 0.1) is 6.61 Å². The molecule has 0 aromatic carbocycles. The molecule has 3 N–H and O–H groups in total. The highest BCUT2D eigenvalue weighted by Crippen LogP contribution is 1.69. The molecule has 0 heterocycles. The van der Waals surface area contributed by atoms with E-state index in [1.807, 2.05) is 7.05 Å². The summed E-state index contributed by atoms with van der Waals surface area (Å²) in [6.07, 6.45) is 0. The minimum atomic E-state index is -0.425. The molecule has 70 valence electrons. The maximum absolute atomic E-state index is 10.0. The third-order valence-electron chi connectivity index (χ3n) is 0.741. The fourth-order valence-corrected chi connectivity index (χ4v) is 0.347. The molecule has 0 saturated carbocycles. The minimum Gasteiger partial charge on any atom is -0.370 e. The van der Waals surface area contributed by atoms with Crippen molar-refractivity contribution in [1.29, 1.82) is 0 Å². The van der Waals surface area contributed by atoms with E-state index in [2.05, 4.69) is 5.32 Å². The highest BCUT2D eigenvalue weighted by Gasteiger charge is 1.90. The average Bonchev–Trinajstić information content (AvgIpc) is 1.80. The molecule has 0 bridgehead atoms. The highest BCUT2D eigenvalue weighted by molar-refractivity contribution is 5.85. The molecule has 0 atom stereocenters. The molecular formula is C5H14Cl2N2O2. The van der Waals surface area contributed by atoms with Crippen LogP contribution >= 0.6 is 24.8 Å². The zero-order valence-corrected chi connectivity index (χ0v) is 7.96. The topological polar surface area (TPSA) is 64.3 Å². The Morgan fingerprint density at radius 2 is 2.09 bits per heavy atom. The first-order valence-corrected chi connectivity index (χ1v) is 2.78. The molecule has 6 heteroatoms. The Labute approximate surface area is 78.7 Å². The highest BCUT2D eigenvalue weighted by atomic mass is 35.5. The molecule has 0 fully saturated rings. The normalized spacial score (nSPS) is 7.73. The lowest BCUT2D eigenvalue weighted by Crippen LogP contribution is -2.21. The van der Waals surface area contributed by atoms with Gasteiger partial charge in [-0.3, -0.25) is 4.79 Å². The first-order chi connectivity index (χ1) is 4.27. The van der Waals surface area contributed by atoms with Gasteiger partial charge in [-0.05, 0) is 7.05 Å². The van der Waals surface area contributed by atoms with Gasteiger partial charge in [-0.15, -0.1) is 24.8 Å². The predicted octanol–water partition coefficient (Wildman–Crippen LogP) is -0.449. The number of carbonyl (C=O) groups is 1. The monoisotopic (exact) mass is 204 g/mol. The standard InChI is InChI=1S/C5H12N2O2.2ClH/c1-7-2-3-9-4-5(6)8;;/h7H,2-4H2,1H3,(H2,6,8);2*1H. The number of hydrogen-bond acceptors (Lipinski definition) is 3. The Morgan fingerprint density at radius 1 is 1.55 bits per heavy atom. The third kappa shape index (κ3) is 17.8. The quantitative estimate of drug-likeness (QED) is 0.597. The lowest BCUT2D eigenvalue weighted by Gasteiger charge is -1.98. The van der Waals surface area contributed by atoms with Crippen LogP contribution in [0.4, 0.5) is 0 Å². The molecule has 0 aromatic heterocycles. The van der Waals surface area contributed by atoms with Gasteiger partial charge in [-0.2, -0.15) is 0 Å². The van der Waals surface area contributed by atoms with Crippen molar-refractivity contribution >= 4 is 30.7 Å². The Hall–Kier alpha value is -0.0300. The minimum absolute atomic E-state index is 0. The van der Waals surface area contributed by atoms with E-state index in [1.165, 1.54) is 0 Å². The summed E-state index contributed by atoms with van der Waals surface area (Å²) in [4.78, 5) is 10.0. The van der Waals surface area contributed by atoms with E-state index in [1.54, 1.807) is 0 Å². The number of nitrogens with one attached hydrogen (secondary N) is 1. The Morgan fingerprint density at radius 3 is 2.45 bits per heavy atom. The van der Waals surface area contributed by atoms with Gasteiger partial charge in [0.2, 0.25) is 5.91 Å². The molecule has 0 aliphatic heterocycles. The lowest BCUT2D eigenvalue weighted by atomic mass is 10.6. The smallest absolute Gasteiger partial charge is 0.243 e. The van der Waals surface area contributed by atoms with E-state index < -0.39 is 5.91 Å². The number of ether oxygens (including phenoxy) is 1. The van der Waals surface area contributed by atoms with Gasteiger partial charge in [-0.25, -0.2) is 0 Å². The van der Waals surface area contributed by atoms with Crippen LogP contribution in [0.15, 0.2) is 0 Å². The van der Waals surface area contributed by atoms with Crippen molar-refractivity contribution in [3.8, 4) is 0 Å². The second-order valence-electron chi connectivity index (χ2n) is 1.62. The van der Waals surface area contributed by atoms with Crippen molar-refractivity contribution in [2.75, 3.05) is 26.8 Å². The Balaban J connectivity index is -0.000000320. The largest absolute Gasteiger partial charge is 0.370 e. The molecule has 0 saturated heterocycles. The summed E-state index contributed by atoms with van der Waals surface area (Å²) in [5.41, 5.74) is 4.79. The fourth-order valence-electron chi connectivity index (χ4n) is 0.347. The molecule has 0 aromatic rings. The number of amides is 1. The van der Waals surface area contributed by atoms with Crippen molar-refractivity contribution in [1.82, 2.24) is 5.32 Å². The predicted molar refractivity (Wildman–Crippen MR) is 48.4 cm³/mol. The summed E-state index contributed by atoms with van der Waals surface area (Å²) >= 11 is 0. The molecular weight excluding hydrogens is 191 g/mol. The number of halogens is 2. The number of likely N-dealkylation sites (N-methyl/N-ethyl adjacent to an activating group) is 1. The van der Waals surface area contributed by atoms with Crippen LogP contribution in [0.1, 0.15) is 0 Å².